The van der Waals surface area contributed by atoms with Crippen molar-refractivity contribution in [3.05, 3.63) is 46.9 Å². The van der Waals surface area contributed by atoms with Crippen LogP contribution in [0.4, 0.5) is 5.82 Å². The first kappa shape index (κ1) is 14.6. The number of benzene rings is 1. The highest BCUT2D eigenvalue weighted by atomic mass is 35.5. The Kier molecular flexibility index (Phi) is 5.15. The first-order chi connectivity index (χ1) is 9.72. The van der Waals surface area contributed by atoms with Gasteiger partial charge in [0, 0.05) is 25.3 Å². The normalized spacial score (nSPS) is 10.3. The van der Waals surface area contributed by atoms with Crippen LogP contribution in [0.3, 0.4) is 0 Å². The molecule has 0 bridgehead atoms. The van der Waals surface area contributed by atoms with E-state index >= 15 is 0 Å². The van der Waals surface area contributed by atoms with Crippen LogP contribution in [0.2, 0.25) is 5.15 Å². The molecule has 0 aliphatic rings. The van der Waals surface area contributed by atoms with Crippen molar-refractivity contribution in [3.63, 3.8) is 0 Å². The lowest BCUT2D eigenvalue weighted by Crippen LogP contribution is -2.06. The van der Waals surface area contributed by atoms with Gasteiger partial charge in [-0.15, -0.1) is 0 Å². The van der Waals surface area contributed by atoms with Gasteiger partial charge < -0.3 is 14.8 Å². The summed E-state index contributed by atoms with van der Waals surface area (Å²) >= 11 is 5.95. The van der Waals surface area contributed by atoms with E-state index in [1.54, 1.807) is 20.3 Å². The molecular weight excluding hydrogens is 278 g/mol. The minimum absolute atomic E-state index is 0.323. The summed E-state index contributed by atoms with van der Waals surface area (Å²) < 4.78 is 10.3. The van der Waals surface area contributed by atoms with Crippen LogP contribution in [-0.4, -0.2) is 24.2 Å². The SMILES string of the molecule is COCc1nc(Cl)cc(NCc2ccccc2OC)n1. The fraction of sp³-hybridized carbons (Fsp3) is 0.286. The number of halogens is 1. The van der Waals surface area contributed by atoms with Crippen molar-refractivity contribution in [1.29, 1.82) is 0 Å². The number of nitrogens with zero attached hydrogens (tertiary/aromatic N) is 2. The summed E-state index contributed by atoms with van der Waals surface area (Å²) in [6.45, 7) is 0.910. The minimum Gasteiger partial charge on any atom is -0.496 e. The first-order valence-electron chi connectivity index (χ1n) is 6.11. The first-order valence-corrected chi connectivity index (χ1v) is 6.49. The highest BCUT2D eigenvalue weighted by Crippen LogP contribution is 2.19. The Balaban J connectivity index is 2.10. The fourth-order valence-corrected chi connectivity index (χ4v) is 1.98. The predicted octanol–water partition coefficient (Wildman–Crippen LogP) is 2.90. The third kappa shape index (κ3) is 3.82. The van der Waals surface area contributed by atoms with E-state index in [2.05, 4.69) is 15.3 Å². The summed E-state index contributed by atoms with van der Waals surface area (Å²) in [4.78, 5) is 8.40. The van der Waals surface area contributed by atoms with Gasteiger partial charge in [-0.1, -0.05) is 29.8 Å². The number of hydrogen-bond donors (Lipinski definition) is 1. The van der Waals surface area contributed by atoms with E-state index < -0.39 is 0 Å². The second-order valence-corrected chi connectivity index (χ2v) is 4.48. The number of ether oxygens (including phenoxy) is 2. The van der Waals surface area contributed by atoms with Crippen LogP contribution in [0.15, 0.2) is 30.3 Å². The molecular formula is C14H16ClN3O2. The summed E-state index contributed by atoms with van der Waals surface area (Å²) in [6.07, 6.45) is 0. The maximum Gasteiger partial charge on any atom is 0.158 e. The van der Waals surface area contributed by atoms with Crippen molar-refractivity contribution < 1.29 is 9.47 Å². The van der Waals surface area contributed by atoms with E-state index in [0.29, 0.717) is 29.9 Å². The molecule has 106 valence electrons. The van der Waals surface area contributed by atoms with Gasteiger partial charge in [-0.25, -0.2) is 9.97 Å². The largest absolute Gasteiger partial charge is 0.496 e. The molecule has 2 aromatic rings. The summed E-state index contributed by atoms with van der Waals surface area (Å²) in [5.74, 6) is 2.03. The lowest BCUT2D eigenvalue weighted by molar-refractivity contribution is 0.178. The molecule has 5 nitrogen and oxygen atoms in total. The minimum atomic E-state index is 0.323. The van der Waals surface area contributed by atoms with Crippen LogP contribution in [0.5, 0.6) is 5.75 Å². The van der Waals surface area contributed by atoms with E-state index in [-0.39, 0.29) is 0 Å². The average molecular weight is 294 g/mol. The number of rotatable bonds is 6. The predicted molar refractivity (Wildman–Crippen MR) is 78.1 cm³/mol. The number of anilines is 1. The molecule has 1 heterocycles. The quantitative estimate of drug-likeness (QED) is 0.830. The molecule has 0 spiro atoms. The average Bonchev–Trinajstić information content (AvgIpc) is 2.45. The van der Waals surface area contributed by atoms with Gasteiger partial charge in [0.15, 0.2) is 5.82 Å². The number of methoxy groups -OCH3 is 2. The third-order valence-electron chi connectivity index (χ3n) is 2.67. The van der Waals surface area contributed by atoms with Gasteiger partial charge in [-0.05, 0) is 6.07 Å². The fourth-order valence-electron chi connectivity index (χ4n) is 1.78. The number of hydrogen-bond acceptors (Lipinski definition) is 5. The summed E-state index contributed by atoms with van der Waals surface area (Å²) in [7, 11) is 3.24. The van der Waals surface area contributed by atoms with Crippen molar-refractivity contribution in [2.75, 3.05) is 19.5 Å². The van der Waals surface area contributed by atoms with Gasteiger partial charge in [0.25, 0.3) is 0 Å². The molecule has 0 aliphatic carbocycles. The monoisotopic (exact) mass is 293 g/mol. The van der Waals surface area contributed by atoms with Gasteiger partial charge in [0.05, 0.1) is 7.11 Å². The molecule has 1 aromatic carbocycles. The van der Waals surface area contributed by atoms with Gasteiger partial charge in [0.1, 0.15) is 23.3 Å². The maximum atomic E-state index is 5.95. The third-order valence-corrected chi connectivity index (χ3v) is 2.86. The standard InChI is InChI=1S/C14H16ClN3O2/c1-19-9-14-17-12(15)7-13(18-14)16-8-10-5-3-4-6-11(10)20-2/h3-7H,8-9H2,1-2H3,(H,16,17,18). The van der Waals surface area contributed by atoms with Crippen LogP contribution in [0.1, 0.15) is 11.4 Å². The van der Waals surface area contributed by atoms with E-state index in [1.165, 1.54) is 0 Å². The van der Waals surface area contributed by atoms with Gasteiger partial charge in [0.2, 0.25) is 0 Å². The van der Waals surface area contributed by atoms with Crippen molar-refractivity contribution in [1.82, 2.24) is 9.97 Å². The Morgan fingerprint density at radius 3 is 2.75 bits per heavy atom. The molecule has 2 rings (SSSR count). The topological polar surface area (TPSA) is 56.3 Å². The highest BCUT2D eigenvalue weighted by molar-refractivity contribution is 6.29. The molecule has 1 N–H and O–H groups in total. The second kappa shape index (κ2) is 7.07. The lowest BCUT2D eigenvalue weighted by Gasteiger charge is -2.10. The molecule has 0 unspecified atom stereocenters. The molecule has 0 fully saturated rings. The zero-order valence-electron chi connectivity index (χ0n) is 11.4. The Morgan fingerprint density at radius 2 is 2.00 bits per heavy atom. The van der Waals surface area contributed by atoms with Crippen LogP contribution >= 0.6 is 11.6 Å². The highest BCUT2D eigenvalue weighted by Gasteiger charge is 2.05. The van der Waals surface area contributed by atoms with Gasteiger partial charge >= 0.3 is 0 Å². The molecule has 6 heteroatoms. The maximum absolute atomic E-state index is 5.95. The van der Waals surface area contributed by atoms with E-state index in [0.717, 1.165) is 11.3 Å². The van der Waals surface area contributed by atoms with Crippen LogP contribution in [0.25, 0.3) is 0 Å². The second-order valence-electron chi connectivity index (χ2n) is 4.09. The number of aromatic nitrogens is 2. The Bertz CT molecular complexity index is 578. The summed E-state index contributed by atoms with van der Waals surface area (Å²) in [5, 5.41) is 3.59. The molecule has 0 atom stereocenters. The van der Waals surface area contributed by atoms with Crippen molar-refractivity contribution in [2.24, 2.45) is 0 Å². The zero-order valence-corrected chi connectivity index (χ0v) is 12.1. The van der Waals surface area contributed by atoms with Gasteiger partial charge in [-0.3, -0.25) is 0 Å². The molecule has 20 heavy (non-hydrogen) atoms. The summed E-state index contributed by atoms with van der Waals surface area (Å²) in [5.41, 5.74) is 1.04. The van der Waals surface area contributed by atoms with Crippen molar-refractivity contribution in [2.45, 2.75) is 13.2 Å². The Morgan fingerprint density at radius 1 is 1.20 bits per heavy atom. The molecule has 0 saturated heterocycles. The Labute approximate surface area is 122 Å². The molecule has 0 aliphatic heterocycles. The lowest BCUT2D eigenvalue weighted by atomic mass is 10.2. The van der Waals surface area contributed by atoms with E-state index in [1.807, 2.05) is 24.3 Å². The number of nitrogens with one attached hydrogen (secondary N) is 1. The molecule has 1 aromatic heterocycles. The zero-order chi connectivity index (χ0) is 14.4. The summed E-state index contributed by atoms with van der Waals surface area (Å²) in [6, 6.07) is 9.48. The molecule has 0 amide bonds. The molecule has 0 radical (unpaired) electrons. The number of para-hydroxylation sites is 1. The van der Waals surface area contributed by atoms with E-state index in [9.17, 15) is 0 Å². The smallest absolute Gasteiger partial charge is 0.158 e. The Hall–Kier alpha value is -1.85. The molecule has 0 saturated carbocycles. The van der Waals surface area contributed by atoms with Crippen LogP contribution in [0, 0.1) is 0 Å². The van der Waals surface area contributed by atoms with Gasteiger partial charge in [-0.2, -0.15) is 0 Å². The van der Waals surface area contributed by atoms with Crippen molar-refractivity contribution >= 4 is 17.4 Å². The van der Waals surface area contributed by atoms with E-state index in [4.69, 9.17) is 21.1 Å². The van der Waals surface area contributed by atoms with Crippen LogP contribution in [-0.2, 0) is 17.9 Å². The van der Waals surface area contributed by atoms with Crippen LogP contribution < -0.4 is 10.1 Å². The van der Waals surface area contributed by atoms with Crippen molar-refractivity contribution in [3.8, 4) is 5.75 Å².